The Morgan fingerprint density at radius 2 is 1.59 bits per heavy atom. The van der Waals surface area contributed by atoms with Gasteiger partial charge in [-0.25, -0.2) is 0 Å². The number of esters is 2. The SMILES string of the molecule is CCCCCCCCCCCC(=O)OC[C@H](CSC[C@H](N)C(=O)NCCOCCP(=O)(O)O)OC(C)=O. The van der Waals surface area contributed by atoms with Crippen molar-refractivity contribution in [1.82, 2.24) is 5.32 Å². The fourth-order valence-electron chi connectivity index (χ4n) is 3.25. The second-order valence-corrected chi connectivity index (χ2v) is 11.8. The molecule has 0 aromatic heterocycles. The number of nitrogens with two attached hydrogens (primary N) is 1. The van der Waals surface area contributed by atoms with Crippen LogP contribution >= 0.6 is 19.4 Å². The number of hydrogen-bond donors (Lipinski definition) is 4. The van der Waals surface area contributed by atoms with Crippen LogP contribution in [0.4, 0.5) is 0 Å². The molecule has 0 aliphatic heterocycles. The molecule has 0 aliphatic rings. The molecule has 0 fully saturated rings. The summed E-state index contributed by atoms with van der Waals surface area (Å²) in [7, 11) is -4.10. The van der Waals surface area contributed by atoms with E-state index in [0.29, 0.717) is 12.2 Å². The van der Waals surface area contributed by atoms with Gasteiger partial charge in [0.05, 0.1) is 25.4 Å². The van der Waals surface area contributed by atoms with E-state index in [1.54, 1.807) is 0 Å². The van der Waals surface area contributed by atoms with Crippen molar-refractivity contribution >= 4 is 37.2 Å². The van der Waals surface area contributed by atoms with Gasteiger partial charge in [0.1, 0.15) is 12.7 Å². The molecule has 0 heterocycles. The maximum atomic E-state index is 12.0. The molecule has 1 amide bonds. The van der Waals surface area contributed by atoms with E-state index in [1.807, 2.05) is 0 Å². The third-order valence-corrected chi connectivity index (χ3v) is 7.23. The summed E-state index contributed by atoms with van der Waals surface area (Å²) in [6.07, 6.45) is 9.76. The van der Waals surface area contributed by atoms with Crippen LogP contribution in [-0.4, -0.2) is 83.8 Å². The molecule has 5 N–H and O–H groups in total. The van der Waals surface area contributed by atoms with Gasteiger partial charge in [-0.15, -0.1) is 0 Å². The minimum Gasteiger partial charge on any atom is -0.462 e. The topological polar surface area (TPSA) is 174 Å². The van der Waals surface area contributed by atoms with Crippen molar-refractivity contribution < 1.29 is 42.9 Å². The van der Waals surface area contributed by atoms with Crippen molar-refractivity contribution in [3.63, 3.8) is 0 Å². The first-order chi connectivity index (χ1) is 17.5. The average molecular weight is 571 g/mol. The average Bonchev–Trinajstić information content (AvgIpc) is 2.82. The fourth-order valence-corrected chi connectivity index (χ4v) is 4.59. The maximum absolute atomic E-state index is 12.0. The predicted octanol–water partition coefficient (Wildman–Crippen LogP) is 2.75. The van der Waals surface area contributed by atoms with Gasteiger partial charge in [0.2, 0.25) is 5.91 Å². The summed E-state index contributed by atoms with van der Waals surface area (Å²) in [6.45, 7) is 3.59. The van der Waals surface area contributed by atoms with E-state index in [2.05, 4.69) is 12.2 Å². The predicted molar refractivity (Wildman–Crippen MR) is 144 cm³/mol. The van der Waals surface area contributed by atoms with Gasteiger partial charge in [-0.3, -0.25) is 18.9 Å². The van der Waals surface area contributed by atoms with Crippen LogP contribution in [0.5, 0.6) is 0 Å². The second kappa shape index (κ2) is 22.8. The Hall–Kier alpha value is -1.17. The van der Waals surface area contributed by atoms with Gasteiger partial charge in [-0.05, 0) is 6.42 Å². The van der Waals surface area contributed by atoms with Crippen molar-refractivity contribution in [3.8, 4) is 0 Å². The monoisotopic (exact) mass is 570 g/mol. The van der Waals surface area contributed by atoms with Crippen LogP contribution in [0.1, 0.15) is 78.1 Å². The number of carbonyl (C=O) groups is 3. The van der Waals surface area contributed by atoms with Crippen molar-refractivity contribution in [3.05, 3.63) is 0 Å². The summed E-state index contributed by atoms with van der Waals surface area (Å²) in [5, 5.41) is 2.58. The van der Waals surface area contributed by atoms with E-state index in [-0.39, 0.29) is 44.2 Å². The van der Waals surface area contributed by atoms with Gasteiger partial charge in [0.25, 0.3) is 0 Å². The molecule has 0 radical (unpaired) electrons. The third kappa shape index (κ3) is 24.9. The van der Waals surface area contributed by atoms with E-state index in [9.17, 15) is 18.9 Å². The molecule has 0 aromatic carbocycles. The van der Waals surface area contributed by atoms with Crippen LogP contribution < -0.4 is 11.1 Å². The van der Waals surface area contributed by atoms with Crippen molar-refractivity contribution in [1.29, 1.82) is 0 Å². The van der Waals surface area contributed by atoms with E-state index in [1.165, 1.54) is 57.2 Å². The molecular weight excluding hydrogens is 523 g/mol. The lowest BCUT2D eigenvalue weighted by Crippen LogP contribution is -2.43. The molecule has 0 saturated heterocycles. The van der Waals surface area contributed by atoms with Crippen LogP contribution in [0.2, 0.25) is 0 Å². The molecule has 0 aliphatic carbocycles. The summed E-state index contributed by atoms with van der Waals surface area (Å²) in [6, 6.07) is -0.813. The lowest BCUT2D eigenvalue weighted by atomic mass is 10.1. The zero-order valence-electron chi connectivity index (χ0n) is 22.4. The highest BCUT2D eigenvalue weighted by atomic mass is 32.2. The Balaban J connectivity index is 4.02. The summed E-state index contributed by atoms with van der Waals surface area (Å²) in [5.41, 5.74) is 5.87. The molecule has 37 heavy (non-hydrogen) atoms. The normalized spacial score (nSPS) is 13.1. The number of nitrogens with one attached hydrogen (secondary N) is 1. The number of amides is 1. The first-order valence-corrected chi connectivity index (χ1v) is 16.1. The molecule has 0 aromatic rings. The van der Waals surface area contributed by atoms with Gasteiger partial charge in [-0.1, -0.05) is 58.3 Å². The van der Waals surface area contributed by atoms with Crippen LogP contribution in [0.25, 0.3) is 0 Å². The molecular formula is C24H47N2O9PS. The highest BCUT2D eigenvalue weighted by molar-refractivity contribution is 7.99. The second-order valence-electron chi connectivity index (χ2n) is 8.93. The Morgan fingerprint density at radius 1 is 0.973 bits per heavy atom. The number of thioether (sulfide) groups is 1. The maximum Gasteiger partial charge on any atom is 0.327 e. The summed E-state index contributed by atoms with van der Waals surface area (Å²) in [5.74, 6) is -0.625. The van der Waals surface area contributed by atoms with Gasteiger partial charge in [0, 0.05) is 31.4 Å². The lowest BCUT2D eigenvalue weighted by molar-refractivity contribution is -0.156. The Morgan fingerprint density at radius 3 is 2.19 bits per heavy atom. The largest absolute Gasteiger partial charge is 0.462 e. The number of hydrogen-bond acceptors (Lipinski definition) is 9. The Kier molecular flexibility index (Phi) is 22.1. The minimum absolute atomic E-state index is 0.0454. The number of ether oxygens (including phenoxy) is 3. The van der Waals surface area contributed by atoms with Gasteiger partial charge >= 0.3 is 19.5 Å². The molecule has 2 atom stereocenters. The third-order valence-electron chi connectivity index (χ3n) is 5.26. The molecule has 218 valence electrons. The zero-order valence-corrected chi connectivity index (χ0v) is 24.1. The van der Waals surface area contributed by atoms with Crippen molar-refractivity contribution in [2.45, 2.75) is 90.2 Å². The molecule has 0 saturated carbocycles. The number of carbonyl (C=O) groups excluding carboxylic acids is 3. The highest BCUT2D eigenvalue weighted by Crippen LogP contribution is 2.33. The molecule has 11 nitrogen and oxygen atoms in total. The Bertz CT molecular complexity index is 679. The molecule has 0 bridgehead atoms. The smallest absolute Gasteiger partial charge is 0.327 e. The van der Waals surface area contributed by atoms with E-state index < -0.39 is 31.6 Å². The van der Waals surface area contributed by atoms with Crippen molar-refractivity contribution in [2.24, 2.45) is 5.73 Å². The minimum atomic E-state index is -4.10. The van der Waals surface area contributed by atoms with Gasteiger partial charge < -0.3 is 35.0 Å². The van der Waals surface area contributed by atoms with Crippen LogP contribution in [0, 0.1) is 0 Å². The summed E-state index contributed by atoms with van der Waals surface area (Å²) < 4.78 is 26.3. The number of rotatable bonds is 24. The standard InChI is InChI=1S/C24H47N2O9PS/c1-3-4-5-6-7-8-9-10-11-12-23(28)34-17-21(35-20(2)27)18-37-19-22(25)24(29)26-13-14-33-15-16-36(30,31)32/h21-22H,3-19,25H2,1-2H3,(H,26,29)(H2,30,31,32)/t21-,22+/m1/s1. The van der Waals surface area contributed by atoms with E-state index in [0.717, 1.165) is 19.3 Å². The summed E-state index contributed by atoms with van der Waals surface area (Å²) in [4.78, 5) is 53.0. The van der Waals surface area contributed by atoms with Gasteiger partial charge in [0.15, 0.2) is 0 Å². The van der Waals surface area contributed by atoms with Crippen LogP contribution in [-0.2, 0) is 33.2 Å². The first kappa shape index (κ1) is 35.8. The van der Waals surface area contributed by atoms with Crippen LogP contribution in [0.15, 0.2) is 0 Å². The molecule has 0 rings (SSSR count). The van der Waals surface area contributed by atoms with Gasteiger partial charge in [-0.2, -0.15) is 11.8 Å². The summed E-state index contributed by atoms with van der Waals surface area (Å²) >= 11 is 1.30. The quantitative estimate of drug-likeness (QED) is 0.0763. The van der Waals surface area contributed by atoms with E-state index in [4.69, 9.17) is 29.7 Å². The lowest BCUT2D eigenvalue weighted by Gasteiger charge is -2.18. The fraction of sp³-hybridized carbons (Fsp3) is 0.875. The number of unbranched alkanes of at least 4 members (excludes halogenated alkanes) is 8. The molecule has 0 spiro atoms. The first-order valence-electron chi connectivity index (χ1n) is 13.1. The van der Waals surface area contributed by atoms with E-state index >= 15 is 0 Å². The van der Waals surface area contributed by atoms with Crippen molar-refractivity contribution in [2.75, 3.05) is 44.0 Å². The molecule has 0 unspecified atom stereocenters. The Labute approximate surface area is 225 Å². The molecule has 13 heteroatoms. The highest BCUT2D eigenvalue weighted by Gasteiger charge is 2.18. The van der Waals surface area contributed by atoms with Crippen LogP contribution in [0.3, 0.4) is 0 Å². The zero-order chi connectivity index (χ0) is 27.9.